The molecule has 4 aromatic carbocycles. The molecule has 1 unspecified atom stereocenters. The Hall–Kier alpha value is -4.34. The SMILES string of the molecule is CCOC(CC)Oc1cc(O)c(C=Cc2ccccc2)c(C=Cc2ccccc2)c1C=Cc1ccccc1. The Kier molecular flexibility index (Phi) is 9.72. The van der Waals surface area contributed by atoms with Crippen molar-refractivity contribution in [2.24, 2.45) is 0 Å². The van der Waals surface area contributed by atoms with E-state index in [4.69, 9.17) is 9.47 Å². The van der Waals surface area contributed by atoms with Gasteiger partial charge in [-0.05, 0) is 29.2 Å². The van der Waals surface area contributed by atoms with E-state index in [1.165, 1.54) is 0 Å². The lowest BCUT2D eigenvalue weighted by molar-refractivity contribution is -0.0768. The maximum Gasteiger partial charge on any atom is 0.199 e. The summed E-state index contributed by atoms with van der Waals surface area (Å²) in [7, 11) is 0. The van der Waals surface area contributed by atoms with Gasteiger partial charge in [-0.25, -0.2) is 0 Å². The Morgan fingerprint density at radius 3 is 1.50 bits per heavy atom. The maximum absolute atomic E-state index is 11.2. The van der Waals surface area contributed by atoms with Gasteiger partial charge in [0.2, 0.25) is 0 Å². The molecule has 0 aliphatic rings. The largest absolute Gasteiger partial charge is 0.507 e. The standard InChI is InChI=1S/C35H34O3/c1-3-35(37-4-2)38-34-26-33(36)31(24-21-28-16-10-6-11-17-28)30(23-20-27-14-8-5-9-15-27)32(34)25-22-29-18-12-7-13-19-29/h5-26,35-36H,3-4H2,1-2H3. The second-order valence-electron chi connectivity index (χ2n) is 8.78. The van der Waals surface area contributed by atoms with E-state index in [9.17, 15) is 5.11 Å². The zero-order valence-electron chi connectivity index (χ0n) is 22.0. The van der Waals surface area contributed by atoms with Gasteiger partial charge in [0.15, 0.2) is 6.29 Å². The summed E-state index contributed by atoms with van der Waals surface area (Å²) >= 11 is 0. The molecule has 0 bridgehead atoms. The van der Waals surface area contributed by atoms with Gasteiger partial charge in [0, 0.05) is 30.2 Å². The molecule has 0 fully saturated rings. The minimum absolute atomic E-state index is 0.142. The zero-order valence-corrected chi connectivity index (χ0v) is 22.0. The molecule has 0 aromatic heterocycles. The molecule has 4 aromatic rings. The number of hydrogen-bond acceptors (Lipinski definition) is 3. The lowest BCUT2D eigenvalue weighted by atomic mass is 9.95. The van der Waals surface area contributed by atoms with Gasteiger partial charge in [-0.15, -0.1) is 0 Å². The van der Waals surface area contributed by atoms with Gasteiger partial charge in [0.05, 0.1) is 0 Å². The molecule has 1 N–H and O–H groups in total. The summed E-state index contributed by atoms with van der Waals surface area (Å²) in [6.07, 6.45) is 12.4. The van der Waals surface area contributed by atoms with E-state index in [1.54, 1.807) is 6.07 Å². The predicted molar refractivity (Wildman–Crippen MR) is 161 cm³/mol. The summed E-state index contributed by atoms with van der Waals surface area (Å²) in [6.45, 7) is 4.51. The molecular formula is C35H34O3. The van der Waals surface area contributed by atoms with Gasteiger partial charge in [-0.2, -0.15) is 0 Å². The third-order valence-corrected chi connectivity index (χ3v) is 6.06. The molecule has 0 saturated heterocycles. The molecule has 0 spiro atoms. The summed E-state index contributed by atoms with van der Waals surface area (Å²) in [5.74, 6) is 0.711. The topological polar surface area (TPSA) is 38.7 Å². The highest BCUT2D eigenvalue weighted by Gasteiger charge is 2.18. The third kappa shape index (κ3) is 7.34. The maximum atomic E-state index is 11.2. The smallest absolute Gasteiger partial charge is 0.199 e. The van der Waals surface area contributed by atoms with E-state index in [2.05, 4.69) is 36.4 Å². The van der Waals surface area contributed by atoms with Gasteiger partial charge in [0.1, 0.15) is 11.5 Å². The molecule has 0 saturated carbocycles. The highest BCUT2D eigenvalue weighted by Crippen LogP contribution is 2.38. The normalized spacial score (nSPS) is 12.5. The van der Waals surface area contributed by atoms with Gasteiger partial charge in [-0.3, -0.25) is 0 Å². The van der Waals surface area contributed by atoms with Crippen LogP contribution >= 0.6 is 0 Å². The summed E-state index contributed by atoms with van der Waals surface area (Å²) in [5, 5.41) is 11.2. The van der Waals surface area contributed by atoms with Gasteiger partial charge in [-0.1, -0.05) is 134 Å². The second-order valence-corrected chi connectivity index (χ2v) is 8.78. The average molecular weight is 503 g/mol. The van der Waals surface area contributed by atoms with Crippen molar-refractivity contribution in [3.05, 3.63) is 130 Å². The Morgan fingerprint density at radius 1 is 0.605 bits per heavy atom. The molecule has 4 rings (SSSR count). The number of phenols is 1. The van der Waals surface area contributed by atoms with Crippen LogP contribution in [0.25, 0.3) is 36.5 Å². The number of aromatic hydroxyl groups is 1. The first-order valence-corrected chi connectivity index (χ1v) is 13.1. The molecule has 0 radical (unpaired) electrons. The predicted octanol–water partition coefficient (Wildman–Crippen LogP) is 9.05. The summed E-state index contributed by atoms with van der Waals surface area (Å²) in [5.41, 5.74) is 5.62. The van der Waals surface area contributed by atoms with E-state index in [-0.39, 0.29) is 5.75 Å². The van der Waals surface area contributed by atoms with Crippen LogP contribution in [-0.4, -0.2) is 18.0 Å². The molecule has 192 valence electrons. The Bertz CT molecular complexity index is 1370. The molecular weight excluding hydrogens is 468 g/mol. The van der Waals surface area contributed by atoms with E-state index in [1.807, 2.05) is 105 Å². The molecule has 3 heteroatoms. The lowest BCUT2D eigenvalue weighted by Gasteiger charge is -2.21. The Balaban J connectivity index is 1.89. The van der Waals surface area contributed by atoms with Crippen LogP contribution in [0.4, 0.5) is 0 Å². The van der Waals surface area contributed by atoms with Crippen LogP contribution in [-0.2, 0) is 4.74 Å². The van der Waals surface area contributed by atoms with E-state index in [0.717, 1.165) is 27.8 Å². The zero-order chi connectivity index (χ0) is 26.6. The monoisotopic (exact) mass is 502 g/mol. The van der Waals surface area contributed by atoms with Crippen molar-refractivity contribution in [3.63, 3.8) is 0 Å². The van der Waals surface area contributed by atoms with Crippen molar-refractivity contribution in [2.45, 2.75) is 26.6 Å². The van der Waals surface area contributed by atoms with E-state index >= 15 is 0 Å². The number of hydrogen-bond donors (Lipinski definition) is 1. The van der Waals surface area contributed by atoms with Crippen LogP contribution in [0, 0.1) is 0 Å². The van der Waals surface area contributed by atoms with Gasteiger partial charge < -0.3 is 14.6 Å². The van der Waals surface area contributed by atoms with Gasteiger partial charge >= 0.3 is 0 Å². The molecule has 1 atom stereocenters. The minimum atomic E-state index is -0.417. The fraction of sp³-hybridized carbons (Fsp3) is 0.143. The van der Waals surface area contributed by atoms with Crippen molar-refractivity contribution >= 4 is 36.5 Å². The molecule has 0 aliphatic carbocycles. The van der Waals surface area contributed by atoms with Crippen molar-refractivity contribution in [3.8, 4) is 11.5 Å². The van der Waals surface area contributed by atoms with E-state index < -0.39 is 6.29 Å². The van der Waals surface area contributed by atoms with Crippen LogP contribution in [0.2, 0.25) is 0 Å². The molecule has 0 amide bonds. The highest BCUT2D eigenvalue weighted by atomic mass is 16.7. The minimum Gasteiger partial charge on any atom is -0.507 e. The van der Waals surface area contributed by atoms with Crippen LogP contribution < -0.4 is 4.74 Å². The number of rotatable bonds is 11. The van der Waals surface area contributed by atoms with Crippen molar-refractivity contribution in [1.82, 2.24) is 0 Å². The fourth-order valence-corrected chi connectivity index (χ4v) is 4.11. The Labute approximate surface area is 226 Å². The van der Waals surface area contributed by atoms with Crippen LogP contribution in [0.5, 0.6) is 11.5 Å². The quantitative estimate of drug-likeness (QED) is 0.164. The Morgan fingerprint density at radius 2 is 1.05 bits per heavy atom. The molecule has 3 nitrogen and oxygen atoms in total. The lowest BCUT2D eigenvalue weighted by Crippen LogP contribution is -2.20. The van der Waals surface area contributed by atoms with Crippen molar-refractivity contribution in [1.29, 1.82) is 0 Å². The van der Waals surface area contributed by atoms with Crippen LogP contribution in [0.1, 0.15) is 53.6 Å². The first-order chi connectivity index (χ1) is 18.7. The number of benzene rings is 4. The van der Waals surface area contributed by atoms with E-state index in [0.29, 0.717) is 24.3 Å². The van der Waals surface area contributed by atoms with Crippen molar-refractivity contribution < 1.29 is 14.6 Å². The summed E-state index contributed by atoms with van der Waals surface area (Å²) < 4.78 is 12.1. The first kappa shape index (κ1) is 26.7. The highest BCUT2D eigenvalue weighted by molar-refractivity contribution is 5.89. The fourth-order valence-electron chi connectivity index (χ4n) is 4.11. The average Bonchev–Trinajstić information content (AvgIpc) is 2.96. The van der Waals surface area contributed by atoms with Crippen LogP contribution in [0.15, 0.2) is 97.1 Å². The first-order valence-electron chi connectivity index (χ1n) is 13.1. The number of phenolic OH excluding ortho intramolecular Hbond substituents is 1. The molecule has 38 heavy (non-hydrogen) atoms. The third-order valence-electron chi connectivity index (χ3n) is 6.06. The molecule has 0 aliphatic heterocycles. The van der Waals surface area contributed by atoms with Crippen LogP contribution in [0.3, 0.4) is 0 Å². The summed E-state index contributed by atoms with van der Waals surface area (Å²) in [6, 6.07) is 32.0. The second kappa shape index (κ2) is 13.8. The molecule has 0 heterocycles. The summed E-state index contributed by atoms with van der Waals surface area (Å²) in [4.78, 5) is 0. The number of ether oxygens (including phenoxy) is 2. The van der Waals surface area contributed by atoms with Crippen molar-refractivity contribution in [2.75, 3.05) is 6.61 Å². The van der Waals surface area contributed by atoms with Gasteiger partial charge in [0.25, 0.3) is 0 Å².